The summed E-state index contributed by atoms with van der Waals surface area (Å²) in [7, 11) is 0. The fourth-order valence-corrected chi connectivity index (χ4v) is 2.43. The summed E-state index contributed by atoms with van der Waals surface area (Å²) in [6, 6.07) is 0. The highest BCUT2D eigenvalue weighted by Gasteiger charge is 2.26. The van der Waals surface area contributed by atoms with Crippen LogP contribution in [0.1, 0.15) is 52.4 Å². The Kier molecular flexibility index (Phi) is 7.72. The van der Waals surface area contributed by atoms with Gasteiger partial charge in [-0.1, -0.05) is 26.7 Å². The number of likely N-dealkylation sites (tertiary alicyclic amines) is 1. The van der Waals surface area contributed by atoms with E-state index in [1.165, 1.54) is 25.7 Å². The number of amides is 1. The van der Waals surface area contributed by atoms with E-state index in [0.29, 0.717) is 6.54 Å². The molecule has 0 aromatic carbocycles. The van der Waals surface area contributed by atoms with E-state index >= 15 is 0 Å². The lowest BCUT2D eigenvalue weighted by Gasteiger charge is -2.23. The molecule has 1 heterocycles. The zero-order valence-corrected chi connectivity index (χ0v) is 12.5. The zero-order valence-electron chi connectivity index (χ0n) is 12.5. The van der Waals surface area contributed by atoms with E-state index in [4.69, 9.17) is 0 Å². The van der Waals surface area contributed by atoms with Crippen LogP contribution in [0, 0.1) is 0 Å². The molecule has 1 fully saturated rings. The molecule has 19 heavy (non-hydrogen) atoms. The van der Waals surface area contributed by atoms with Gasteiger partial charge < -0.3 is 9.80 Å². The zero-order chi connectivity index (χ0) is 14.1. The third kappa shape index (κ3) is 6.19. The van der Waals surface area contributed by atoms with Crippen molar-refractivity contribution < 1.29 is 9.59 Å². The van der Waals surface area contributed by atoms with Gasteiger partial charge in [-0.25, -0.2) is 0 Å². The molecule has 110 valence electrons. The highest BCUT2D eigenvalue weighted by atomic mass is 16.2. The van der Waals surface area contributed by atoms with Crippen LogP contribution >= 0.6 is 0 Å². The molecular weight excluding hydrogens is 240 g/mol. The first-order chi connectivity index (χ1) is 9.17. The summed E-state index contributed by atoms with van der Waals surface area (Å²) in [6.07, 6.45) is 6.03. The molecule has 0 aromatic heterocycles. The maximum absolute atomic E-state index is 11.5. The third-order valence-corrected chi connectivity index (χ3v) is 3.63. The number of hydrogen-bond donors (Lipinski definition) is 0. The molecule has 0 N–H and O–H groups in total. The van der Waals surface area contributed by atoms with Crippen molar-refractivity contribution in [3.8, 4) is 0 Å². The largest absolute Gasteiger partial charge is 0.335 e. The van der Waals surface area contributed by atoms with Crippen LogP contribution in [0.5, 0.6) is 0 Å². The van der Waals surface area contributed by atoms with E-state index in [1.807, 2.05) is 0 Å². The number of rotatable bonds is 10. The number of nitrogens with zero attached hydrogens (tertiary/aromatic N) is 2. The van der Waals surface area contributed by atoms with Crippen LogP contribution in [0.4, 0.5) is 0 Å². The van der Waals surface area contributed by atoms with Crippen molar-refractivity contribution >= 4 is 11.7 Å². The molecule has 0 atom stereocenters. The maximum Gasteiger partial charge on any atom is 0.230 e. The molecule has 0 saturated carbocycles. The van der Waals surface area contributed by atoms with Crippen molar-refractivity contribution in [1.82, 2.24) is 9.80 Å². The fraction of sp³-hybridized carbons (Fsp3) is 0.867. The molecule has 1 aliphatic rings. The van der Waals surface area contributed by atoms with Crippen molar-refractivity contribution in [2.75, 3.05) is 32.7 Å². The van der Waals surface area contributed by atoms with E-state index in [2.05, 4.69) is 18.7 Å². The van der Waals surface area contributed by atoms with Crippen molar-refractivity contribution in [2.24, 2.45) is 0 Å². The molecule has 0 unspecified atom stereocenters. The Bertz CT molecular complexity index is 284. The molecule has 0 aromatic rings. The smallest absolute Gasteiger partial charge is 0.230 e. The van der Waals surface area contributed by atoms with E-state index < -0.39 is 0 Å². The first-order valence-electron chi connectivity index (χ1n) is 7.69. The second-order valence-corrected chi connectivity index (χ2v) is 5.43. The molecule has 4 nitrogen and oxygen atoms in total. The van der Waals surface area contributed by atoms with Crippen LogP contribution in [0.25, 0.3) is 0 Å². The fourth-order valence-electron chi connectivity index (χ4n) is 2.43. The SMILES string of the molecule is CCCCN(CCCC)CCCN1CC(=O)CC1=O. The van der Waals surface area contributed by atoms with Crippen LogP contribution in [-0.4, -0.2) is 54.2 Å². The van der Waals surface area contributed by atoms with Crippen LogP contribution in [0.2, 0.25) is 0 Å². The molecule has 4 heteroatoms. The van der Waals surface area contributed by atoms with Crippen molar-refractivity contribution in [2.45, 2.75) is 52.4 Å². The second kappa shape index (κ2) is 9.08. The Hall–Kier alpha value is -0.900. The standard InChI is InChI=1S/C15H28N2O2/c1-3-5-8-16(9-6-4-2)10-7-11-17-13-14(18)12-15(17)19/h3-13H2,1-2H3. The lowest BCUT2D eigenvalue weighted by atomic mass is 10.2. The van der Waals surface area contributed by atoms with Crippen LogP contribution in [0.3, 0.4) is 0 Å². The van der Waals surface area contributed by atoms with E-state index in [9.17, 15) is 9.59 Å². The minimum absolute atomic E-state index is 0.0127. The lowest BCUT2D eigenvalue weighted by molar-refractivity contribution is -0.127. The Morgan fingerprint density at radius 1 is 1.00 bits per heavy atom. The van der Waals surface area contributed by atoms with E-state index in [-0.39, 0.29) is 18.1 Å². The first kappa shape index (κ1) is 16.2. The number of unbranched alkanes of at least 4 members (excludes halogenated alkanes) is 2. The molecule has 1 amide bonds. The van der Waals surface area contributed by atoms with E-state index in [0.717, 1.165) is 32.6 Å². The predicted molar refractivity (Wildman–Crippen MR) is 77.1 cm³/mol. The molecule has 0 bridgehead atoms. The van der Waals surface area contributed by atoms with Gasteiger partial charge in [-0.15, -0.1) is 0 Å². The summed E-state index contributed by atoms with van der Waals surface area (Å²) < 4.78 is 0. The van der Waals surface area contributed by atoms with Crippen LogP contribution < -0.4 is 0 Å². The van der Waals surface area contributed by atoms with Crippen LogP contribution in [-0.2, 0) is 9.59 Å². The Morgan fingerprint density at radius 3 is 2.05 bits per heavy atom. The van der Waals surface area contributed by atoms with Crippen molar-refractivity contribution in [1.29, 1.82) is 0 Å². The summed E-state index contributed by atoms with van der Waals surface area (Å²) in [5, 5.41) is 0. The second-order valence-electron chi connectivity index (χ2n) is 5.43. The van der Waals surface area contributed by atoms with Crippen LogP contribution in [0.15, 0.2) is 0 Å². The van der Waals surface area contributed by atoms with Crippen molar-refractivity contribution in [3.63, 3.8) is 0 Å². The number of ketones is 1. The van der Waals surface area contributed by atoms with Gasteiger partial charge in [0.25, 0.3) is 0 Å². The lowest BCUT2D eigenvalue weighted by Crippen LogP contribution is -2.32. The van der Waals surface area contributed by atoms with Gasteiger partial charge in [0, 0.05) is 6.54 Å². The minimum Gasteiger partial charge on any atom is -0.335 e. The summed E-state index contributed by atoms with van der Waals surface area (Å²) in [6.45, 7) is 8.85. The monoisotopic (exact) mass is 268 g/mol. The van der Waals surface area contributed by atoms with Gasteiger partial charge in [0.1, 0.15) is 0 Å². The Morgan fingerprint density at radius 2 is 1.58 bits per heavy atom. The number of carbonyl (C=O) groups excluding carboxylic acids is 2. The molecule has 1 saturated heterocycles. The molecule has 0 spiro atoms. The van der Waals surface area contributed by atoms with Crippen molar-refractivity contribution in [3.05, 3.63) is 0 Å². The number of hydrogen-bond acceptors (Lipinski definition) is 3. The third-order valence-electron chi connectivity index (χ3n) is 3.63. The van der Waals surface area contributed by atoms with Gasteiger partial charge in [-0.2, -0.15) is 0 Å². The highest BCUT2D eigenvalue weighted by Crippen LogP contribution is 2.08. The highest BCUT2D eigenvalue weighted by molar-refractivity contribution is 6.05. The predicted octanol–water partition coefficient (Wildman–Crippen LogP) is 2.08. The average Bonchev–Trinajstić information content (AvgIpc) is 2.70. The van der Waals surface area contributed by atoms with Gasteiger partial charge in [-0.05, 0) is 38.9 Å². The van der Waals surface area contributed by atoms with Gasteiger partial charge in [0.05, 0.1) is 13.0 Å². The quantitative estimate of drug-likeness (QED) is 0.570. The molecule has 0 radical (unpaired) electrons. The first-order valence-corrected chi connectivity index (χ1v) is 7.69. The molecule has 0 aliphatic carbocycles. The van der Waals surface area contributed by atoms with Gasteiger partial charge in [0.2, 0.25) is 5.91 Å². The summed E-state index contributed by atoms with van der Waals surface area (Å²) >= 11 is 0. The molecular formula is C15H28N2O2. The molecule has 1 rings (SSSR count). The summed E-state index contributed by atoms with van der Waals surface area (Å²) in [5.74, 6) is 0.0810. The average molecular weight is 268 g/mol. The summed E-state index contributed by atoms with van der Waals surface area (Å²) in [4.78, 5) is 26.9. The number of carbonyl (C=O) groups is 2. The number of Topliss-reactive ketones (excluding diaryl/α,β-unsaturated/α-hetero) is 1. The van der Waals surface area contributed by atoms with Gasteiger partial charge in [-0.3, -0.25) is 9.59 Å². The maximum atomic E-state index is 11.5. The minimum atomic E-state index is 0.0127. The van der Waals surface area contributed by atoms with Gasteiger partial charge in [0.15, 0.2) is 5.78 Å². The normalized spacial score (nSPS) is 15.8. The van der Waals surface area contributed by atoms with E-state index in [1.54, 1.807) is 4.90 Å². The van der Waals surface area contributed by atoms with Gasteiger partial charge >= 0.3 is 0 Å². The Labute approximate surface area is 117 Å². The molecule has 1 aliphatic heterocycles. The summed E-state index contributed by atoms with van der Waals surface area (Å²) in [5.41, 5.74) is 0. The topological polar surface area (TPSA) is 40.6 Å². The Balaban J connectivity index is 2.22.